The van der Waals surface area contributed by atoms with Crippen LogP contribution < -0.4 is 21.3 Å². The SMILES string of the molecule is CC(C)C[C@H]1C(=O)N(C)[C@@H](CC(C)C)C(=O)N[C@H](C(=O)N(C)[C@@H](Cc2ccccc2)C(=O)N[C@@H](C)C(=O)N2CCCCC2)CC(=O)N(C)[C@@H](C)C(=O)N[C@@H](C(C)C)C(=O)N(C)[C@@H](Cc2ccccc2)C(=O)N(C)CC(=O)N[C@@H]([C@@H](C)O)C(=O)N(C)[C@@H](C)C(=O)N1C. The number of likely N-dealkylation sites (N-methyl/N-ethyl adjacent to an activating group) is 7. The van der Waals surface area contributed by atoms with E-state index in [1.807, 2.05) is 27.7 Å². The predicted molar refractivity (Wildman–Crippen MR) is 342 cm³/mol. The van der Waals surface area contributed by atoms with Crippen molar-refractivity contribution >= 4 is 70.9 Å². The second-order valence-corrected chi connectivity index (χ2v) is 25.9. The summed E-state index contributed by atoms with van der Waals surface area (Å²) in [5.41, 5.74) is 1.28. The zero-order chi connectivity index (χ0) is 68.5. The molecule has 0 unspecified atom stereocenters. The lowest BCUT2D eigenvalue weighted by atomic mass is 9.97. The average Bonchev–Trinajstić information content (AvgIpc) is 1.07. The molecule has 2 saturated heterocycles. The van der Waals surface area contributed by atoms with E-state index in [2.05, 4.69) is 21.3 Å². The third-order valence-corrected chi connectivity index (χ3v) is 17.5. The lowest BCUT2D eigenvalue weighted by Crippen LogP contribution is -2.62. The Morgan fingerprint density at radius 2 is 1.10 bits per heavy atom. The van der Waals surface area contributed by atoms with Crippen molar-refractivity contribution in [3.63, 3.8) is 0 Å². The second-order valence-electron chi connectivity index (χ2n) is 25.9. The molecule has 0 aromatic heterocycles. The van der Waals surface area contributed by atoms with Crippen LogP contribution in [0.4, 0.5) is 0 Å². The molecule has 4 rings (SSSR count). The van der Waals surface area contributed by atoms with Gasteiger partial charge in [0.2, 0.25) is 70.9 Å². The highest BCUT2D eigenvalue weighted by atomic mass is 16.3. The molecule has 25 nitrogen and oxygen atoms in total. The zero-order valence-corrected chi connectivity index (χ0v) is 56.6. The summed E-state index contributed by atoms with van der Waals surface area (Å²) in [6.45, 7) is 16.7. The van der Waals surface area contributed by atoms with E-state index in [0.717, 1.165) is 38.9 Å². The predicted octanol–water partition coefficient (Wildman–Crippen LogP) is 1.44. The lowest BCUT2D eigenvalue weighted by Gasteiger charge is -2.38. The minimum Gasteiger partial charge on any atom is -0.391 e. The number of hydrogen-bond donors (Lipinski definition) is 5. The number of aliphatic hydroxyl groups is 1. The van der Waals surface area contributed by atoms with Crippen molar-refractivity contribution in [2.75, 3.05) is 69.0 Å². The van der Waals surface area contributed by atoms with E-state index < -0.39 is 150 Å². The van der Waals surface area contributed by atoms with E-state index in [1.54, 1.807) is 86.3 Å². The summed E-state index contributed by atoms with van der Waals surface area (Å²) in [5, 5.41) is 21.8. The number of carbonyl (C=O) groups is 12. The van der Waals surface area contributed by atoms with Gasteiger partial charge in [0.15, 0.2) is 0 Å². The molecular formula is C66H102N12O13. The normalized spacial score (nSPS) is 24.4. The van der Waals surface area contributed by atoms with Gasteiger partial charge in [-0.2, -0.15) is 0 Å². The number of nitrogens with zero attached hydrogens (tertiary/aromatic N) is 8. The fraction of sp³-hybridized carbons (Fsp3) is 0.636. The number of aliphatic hydroxyl groups excluding tert-OH is 1. The number of hydrogen-bond acceptors (Lipinski definition) is 13. The first-order valence-electron chi connectivity index (χ1n) is 31.7. The first kappa shape index (κ1) is 75.5. The minimum absolute atomic E-state index is 0.00584. The number of piperidine rings is 1. The molecule has 91 heavy (non-hydrogen) atoms. The van der Waals surface area contributed by atoms with Crippen LogP contribution in [0.15, 0.2) is 60.7 Å². The van der Waals surface area contributed by atoms with Crippen LogP contribution >= 0.6 is 0 Å². The molecule has 2 fully saturated rings. The Kier molecular flexibility index (Phi) is 28.6. The van der Waals surface area contributed by atoms with E-state index in [9.17, 15) is 48.3 Å². The molecule has 2 aromatic carbocycles. The molecule has 11 atom stereocenters. The van der Waals surface area contributed by atoms with Crippen LogP contribution in [0.3, 0.4) is 0 Å². The number of likely N-dealkylation sites (tertiary alicyclic amines) is 1. The number of rotatable bonds is 15. The first-order chi connectivity index (χ1) is 42.6. The Bertz CT molecular complexity index is 2870. The zero-order valence-electron chi connectivity index (χ0n) is 56.6. The highest BCUT2D eigenvalue weighted by Crippen LogP contribution is 2.23. The van der Waals surface area contributed by atoms with Gasteiger partial charge in [-0.1, -0.05) is 102 Å². The quantitative estimate of drug-likeness (QED) is 0.169. The Balaban J connectivity index is 1.91. The fourth-order valence-electron chi connectivity index (χ4n) is 11.3. The molecular weight excluding hydrogens is 1170 g/mol. The number of nitrogens with one attached hydrogen (secondary N) is 4. The smallest absolute Gasteiger partial charge is 0.248 e. The van der Waals surface area contributed by atoms with Gasteiger partial charge in [-0.3, -0.25) is 57.5 Å². The average molecular weight is 1270 g/mol. The van der Waals surface area contributed by atoms with Crippen molar-refractivity contribution in [2.24, 2.45) is 17.8 Å². The van der Waals surface area contributed by atoms with Crippen molar-refractivity contribution in [1.29, 1.82) is 0 Å². The summed E-state index contributed by atoms with van der Waals surface area (Å²) in [6.07, 6.45) is 0.246. The number of benzene rings is 2. The molecule has 2 aromatic rings. The Morgan fingerprint density at radius 1 is 0.582 bits per heavy atom. The van der Waals surface area contributed by atoms with Gasteiger partial charge in [0.25, 0.3) is 0 Å². The standard InChI is InChI=1S/C66H102N12O13/c1-39(2)33-49-59(84)68-48(62(87)74(14)50(35-46-27-21-18-22-28-46)58(83)67-42(7)60(85)78-31-25-20-26-32-78)37-54(81)72(12)43(8)57(82)70-55(41(5)6)65(90)77(17)52(36-47-29-23-19-24-30-47)63(88)71(11)38-53(80)69-56(45(10)79)66(91)73(13)44(9)61(86)76(16)51(34-40(3)4)64(89)75(49)15/h18-19,21-24,27-30,39-45,48-52,55-56,79H,20,25-26,31-38H2,1-17H3,(H,67,83)(H,68,84)(H,69,80)(H,70,82)/t42-,43-,44-,45+,48-,49-,50-,51-,52-,55-,56-/m0/s1. The summed E-state index contributed by atoms with van der Waals surface area (Å²) >= 11 is 0. The topological polar surface area (TPSA) is 299 Å². The number of carbonyl (C=O) groups excluding carboxylic acids is 12. The maximum absolute atomic E-state index is 15.4. The molecule has 0 saturated carbocycles. The van der Waals surface area contributed by atoms with Crippen molar-refractivity contribution < 1.29 is 62.6 Å². The third kappa shape index (κ3) is 20.5. The van der Waals surface area contributed by atoms with Gasteiger partial charge in [-0.15, -0.1) is 0 Å². The Morgan fingerprint density at radius 3 is 1.64 bits per heavy atom. The molecule has 2 aliphatic heterocycles. The molecule has 25 heteroatoms. The summed E-state index contributed by atoms with van der Waals surface area (Å²) in [5.74, 6) is -10.1. The van der Waals surface area contributed by atoms with Gasteiger partial charge < -0.3 is 65.6 Å². The maximum atomic E-state index is 15.4. The summed E-state index contributed by atoms with van der Waals surface area (Å²) in [6, 6.07) is 4.01. The second kappa shape index (κ2) is 34.5. The molecule has 504 valence electrons. The molecule has 0 spiro atoms. The molecule has 0 aliphatic carbocycles. The van der Waals surface area contributed by atoms with Gasteiger partial charge in [0, 0.05) is 75.3 Å². The van der Waals surface area contributed by atoms with E-state index >= 15 is 14.4 Å². The van der Waals surface area contributed by atoms with Crippen LogP contribution in [0.25, 0.3) is 0 Å². The summed E-state index contributed by atoms with van der Waals surface area (Å²) in [7, 11) is 9.42. The van der Waals surface area contributed by atoms with E-state index in [1.165, 1.54) is 84.8 Å². The molecule has 0 radical (unpaired) electrons. The van der Waals surface area contributed by atoms with E-state index in [-0.39, 0.29) is 43.4 Å². The highest BCUT2D eigenvalue weighted by Gasteiger charge is 2.43. The van der Waals surface area contributed by atoms with Crippen LogP contribution in [0.2, 0.25) is 0 Å². The molecule has 12 amide bonds. The molecule has 5 N–H and O–H groups in total. The fourth-order valence-corrected chi connectivity index (χ4v) is 11.3. The Labute approximate surface area is 537 Å². The largest absolute Gasteiger partial charge is 0.391 e. The number of amides is 12. The first-order valence-corrected chi connectivity index (χ1v) is 31.7. The van der Waals surface area contributed by atoms with E-state index in [4.69, 9.17) is 0 Å². The summed E-state index contributed by atoms with van der Waals surface area (Å²) < 4.78 is 0. The van der Waals surface area contributed by atoms with Gasteiger partial charge in [0.1, 0.15) is 60.4 Å². The van der Waals surface area contributed by atoms with Crippen LogP contribution in [0, 0.1) is 17.8 Å². The van der Waals surface area contributed by atoms with Gasteiger partial charge in [0.05, 0.1) is 19.1 Å². The monoisotopic (exact) mass is 1270 g/mol. The van der Waals surface area contributed by atoms with Gasteiger partial charge in [-0.05, 0) is 88.7 Å². The van der Waals surface area contributed by atoms with Crippen molar-refractivity contribution in [2.45, 2.75) is 187 Å². The van der Waals surface area contributed by atoms with Crippen molar-refractivity contribution in [3.8, 4) is 0 Å². The Hall–Kier alpha value is -7.96. The third-order valence-electron chi connectivity index (χ3n) is 17.5. The van der Waals surface area contributed by atoms with Crippen LogP contribution in [-0.2, 0) is 70.4 Å². The highest BCUT2D eigenvalue weighted by molar-refractivity contribution is 6.00. The lowest BCUT2D eigenvalue weighted by molar-refractivity contribution is -0.153. The van der Waals surface area contributed by atoms with Crippen LogP contribution in [0.5, 0.6) is 0 Å². The van der Waals surface area contributed by atoms with Gasteiger partial charge >= 0.3 is 0 Å². The van der Waals surface area contributed by atoms with Crippen molar-refractivity contribution in [3.05, 3.63) is 71.8 Å². The summed E-state index contributed by atoms with van der Waals surface area (Å²) in [4.78, 5) is 185. The molecule has 0 bridgehead atoms. The van der Waals surface area contributed by atoms with E-state index in [0.29, 0.717) is 24.2 Å². The van der Waals surface area contributed by atoms with Crippen molar-refractivity contribution in [1.82, 2.24) is 60.5 Å². The molecule has 2 heterocycles. The minimum atomic E-state index is -1.78. The maximum Gasteiger partial charge on any atom is 0.248 e. The van der Waals surface area contributed by atoms with Crippen LogP contribution in [-0.4, -0.2) is 251 Å². The van der Waals surface area contributed by atoms with Gasteiger partial charge in [-0.25, -0.2) is 0 Å². The van der Waals surface area contributed by atoms with Crippen LogP contribution in [0.1, 0.15) is 119 Å². The molecule has 2 aliphatic rings.